The molecule has 18 heavy (non-hydrogen) atoms. The first-order valence-electron chi connectivity index (χ1n) is 5.99. The average Bonchev–Trinajstić information content (AvgIpc) is 2.31. The number of hydrogen-bond donors (Lipinski definition) is 3. The highest BCUT2D eigenvalue weighted by Crippen LogP contribution is 2.22. The van der Waals surface area contributed by atoms with Crippen LogP contribution in [0.25, 0.3) is 0 Å². The molecule has 1 aromatic rings. The van der Waals surface area contributed by atoms with Gasteiger partial charge in [-0.15, -0.1) is 0 Å². The number of nitrogens with zero attached hydrogens (tertiary/aromatic N) is 1. The quantitative estimate of drug-likeness (QED) is 0.564. The van der Waals surface area contributed by atoms with E-state index in [1.54, 1.807) is 0 Å². The van der Waals surface area contributed by atoms with Crippen LogP contribution >= 0.6 is 0 Å². The van der Waals surface area contributed by atoms with Crippen LogP contribution in [-0.2, 0) is 0 Å². The number of aryl methyl sites for hydroxylation is 2. The Bertz CT molecular complexity index is 434. The van der Waals surface area contributed by atoms with E-state index in [1.807, 2.05) is 39.0 Å². The molecule has 0 saturated carbocycles. The largest absolute Gasteiger partial charge is 0.369 e. The van der Waals surface area contributed by atoms with Gasteiger partial charge in [-0.2, -0.15) is 0 Å². The number of rotatable bonds is 3. The number of guanidine groups is 1. The smallest absolute Gasteiger partial charge is 0.321 e. The van der Waals surface area contributed by atoms with Gasteiger partial charge in [0.15, 0.2) is 0 Å². The monoisotopic (exact) mass is 248 g/mol. The molecular formula is C13H20N4O. The Morgan fingerprint density at radius 1 is 1.33 bits per heavy atom. The van der Waals surface area contributed by atoms with Crippen molar-refractivity contribution in [3.8, 4) is 0 Å². The van der Waals surface area contributed by atoms with Crippen molar-refractivity contribution >= 4 is 17.7 Å². The van der Waals surface area contributed by atoms with Crippen LogP contribution in [0.5, 0.6) is 0 Å². The maximum atomic E-state index is 11.4. The van der Waals surface area contributed by atoms with Crippen LogP contribution < -0.4 is 16.4 Å². The number of urea groups is 1. The number of nitrogens with two attached hydrogens (primary N) is 1. The second-order valence-electron chi connectivity index (χ2n) is 4.12. The van der Waals surface area contributed by atoms with Gasteiger partial charge in [0, 0.05) is 6.54 Å². The van der Waals surface area contributed by atoms with Crippen molar-refractivity contribution in [1.29, 1.82) is 0 Å². The van der Waals surface area contributed by atoms with Gasteiger partial charge in [-0.25, -0.2) is 9.79 Å². The maximum Gasteiger partial charge on any atom is 0.321 e. The molecule has 98 valence electrons. The summed E-state index contributed by atoms with van der Waals surface area (Å²) < 4.78 is 0. The minimum Gasteiger partial charge on any atom is -0.369 e. The predicted octanol–water partition coefficient (Wildman–Crippen LogP) is 1.96. The van der Waals surface area contributed by atoms with Crippen LogP contribution in [0.1, 0.15) is 24.5 Å². The molecular weight excluding hydrogens is 228 g/mol. The lowest BCUT2D eigenvalue weighted by molar-refractivity contribution is 0.245. The van der Waals surface area contributed by atoms with Gasteiger partial charge in [0.1, 0.15) is 0 Å². The molecule has 0 aliphatic rings. The normalized spacial score (nSPS) is 11.2. The summed E-state index contributed by atoms with van der Waals surface area (Å²) in [5, 5.41) is 5.16. The Morgan fingerprint density at radius 2 is 1.94 bits per heavy atom. The van der Waals surface area contributed by atoms with Crippen LogP contribution in [0, 0.1) is 13.8 Å². The zero-order valence-electron chi connectivity index (χ0n) is 11.1. The Labute approximate surface area is 107 Å². The van der Waals surface area contributed by atoms with Crippen molar-refractivity contribution in [3.05, 3.63) is 29.3 Å². The third-order valence-electron chi connectivity index (χ3n) is 2.45. The first kappa shape index (κ1) is 14.0. The Hall–Kier alpha value is -2.04. The molecule has 0 radical (unpaired) electrons. The van der Waals surface area contributed by atoms with Gasteiger partial charge in [0.2, 0.25) is 5.96 Å². The topological polar surface area (TPSA) is 79.5 Å². The zero-order valence-corrected chi connectivity index (χ0v) is 11.1. The Kier molecular flexibility index (Phi) is 5.17. The van der Waals surface area contributed by atoms with E-state index in [-0.39, 0.29) is 12.0 Å². The van der Waals surface area contributed by atoms with Crippen LogP contribution in [0.2, 0.25) is 0 Å². The fourth-order valence-corrected chi connectivity index (χ4v) is 1.53. The van der Waals surface area contributed by atoms with Gasteiger partial charge in [0.25, 0.3) is 0 Å². The van der Waals surface area contributed by atoms with E-state index in [1.165, 1.54) is 0 Å². The number of hydrogen-bond acceptors (Lipinski definition) is 2. The molecule has 0 heterocycles. The minimum atomic E-state index is -0.329. The van der Waals surface area contributed by atoms with E-state index in [2.05, 4.69) is 15.6 Å². The van der Waals surface area contributed by atoms with E-state index >= 15 is 0 Å². The summed E-state index contributed by atoms with van der Waals surface area (Å²) in [4.78, 5) is 15.6. The van der Waals surface area contributed by atoms with Gasteiger partial charge >= 0.3 is 6.03 Å². The number of para-hydroxylation sites is 1. The maximum absolute atomic E-state index is 11.4. The lowest BCUT2D eigenvalue weighted by atomic mass is 10.1. The van der Waals surface area contributed by atoms with Crippen LogP contribution in [0.15, 0.2) is 23.2 Å². The van der Waals surface area contributed by atoms with E-state index in [4.69, 9.17) is 5.73 Å². The van der Waals surface area contributed by atoms with Gasteiger partial charge < -0.3 is 11.1 Å². The number of nitrogens with one attached hydrogen (secondary N) is 2. The molecule has 1 rings (SSSR count). The van der Waals surface area contributed by atoms with Gasteiger partial charge in [-0.05, 0) is 31.4 Å². The molecule has 5 nitrogen and oxygen atoms in total. The number of benzene rings is 1. The molecule has 0 aromatic heterocycles. The highest BCUT2D eigenvalue weighted by atomic mass is 16.2. The molecule has 0 aliphatic heterocycles. The Balaban J connectivity index is 2.74. The standard InChI is InChI=1S/C13H20N4O/c1-4-8-15-13(18)17-12(14)16-11-9(2)6-5-7-10(11)3/h5-7H,4,8H2,1-3H3,(H4,14,15,16,17,18). The number of carbonyl (C=O) groups excluding carboxylic acids is 1. The molecule has 0 saturated heterocycles. The van der Waals surface area contributed by atoms with Crippen molar-refractivity contribution in [2.75, 3.05) is 6.54 Å². The molecule has 0 aliphatic carbocycles. The fourth-order valence-electron chi connectivity index (χ4n) is 1.53. The number of carbonyl (C=O) groups is 1. The van der Waals surface area contributed by atoms with E-state index in [9.17, 15) is 4.79 Å². The molecule has 5 heteroatoms. The summed E-state index contributed by atoms with van der Waals surface area (Å²) in [6.45, 7) is 6.50. The molecule has 0 atom stereocenters. The average molecular weight is 248 g/mol. The van der Waals surface area contributed by atoms with Crippen molar-refractivity contribution in [2.45, 2.75) is 27.2 Å². The molecule has 4 N–H and O–H groups in total. The van der Waals surface area contributed by atoms with E-state index in [0.717, 1.165) is 23.2 Å². The highest BCUT2D eigenvalue weighted by Gasteiger charge is 2.04. The van der Waals surface area contributed by atoms with Crippen molar-refractivity contribution in [1.82, 2.24) is 10.6 Å². The van der Waals surface area contributed by atoms with Crippen LogP contribution in [0.4, 0.5) is 10.5 Å². The van der Waals surface area contributed by atoms with Crippen molar-refractivity contribution < 1.29 is 4.79 Å². The lowest BCUT2D eigenvalue weighted by Crippen LogP contribution is -2.43. The molecule has 2 amide bonds. The van der Waals surface area contributed by atoms with E-state index < -0.39 is 0 Å². The van der Waals surface area contributed by atoms with Crippen molar-refractivity contribution in [2.24, 2.45) is 10.7 Å². The highest BCUT2D eigenvalue weighted by molar-refractivity contribution is 5.96. The summed E-state index contributed by atoms with van der Waals surface area (Å²) in [5.41, 5.74) is 8.54. The molecule has 1 aromatic carbocycles. The summed E-state index contributed by atoms with van der Waals surface area (Å²) in [6, 6.07) is 5.54. The summed E-state index contributed by atoms with van der Waals surface area (Å²) >= 11 is 0. The SMILES string of the molecule is CCCNC(=O)NC(N)=Nc1c(C)cccc1C. The van der Waals surface area contributed by atoms with Crippen LogP contribution in [0.3, 0.4) is 0 Å². The number of aliphatic imine (C=N–C) groups is 1. The fraction of sp³-hybridized carbons (Fsp3) is 0.385. The zero-order chi connectivity index (χ0) is 13.5. The third-order valence-corrected chi connectivity index (χ3v) is 2.45. The van der Waals surface area contributed by atoms with Gasteiger partial charge in [0.05, 0.1) is 5.69 Å². The second-order valence-corrected chi connectivity index (χ2v) is 4.12. The molecule has 0 spiro atoms. The lowest BCUT2D eigenvalue weighted by Gasteiger charge is -2.08. The van der Waals surface area contributed by atoms with Gasteiger partial charge in [-0.1, -0.05) is 25.1 Å². The second kappa shape index (κ2) is 6.64. The summed E-state index contributed by atoms with van der Waals surface area (Å²) in [5.74, 6) is 0.0982. The molecule has 0 fully saturated rings. The van der Waals surface area contributed by atoms with Crippen molar-refractivity contribution in [3.63, 3.8) is 0 Å². The summed E-state index contributed by atoms with van der Waals surface area (Å²) in [7, 11) is 0. The van der Waals surface area contributed by atoms with Crippen LogP contribution in [-0.4, -0.2) is 18.5 Å². The third kappa shape index (κ3) is 4.08. The minimum absolute atomic E-state index is 0.0982. The van der Waals surface area contributed by atoms with E-state index in [0.29, 0.717) is 6.54 Å². The predicted molar refractivity (Wildman–Crippen MR) is 74.0 cm³/mol. The first-order valence-corrected chi connectivity index (χ1v) is 5.99. The first-order chi connectivity index (χ1) is 8.54. The Morgan fingerprint density at radius 3 is 2.50 bits per heavy atom. The summed E-state index contributed by atoms with van der Waals surface area (Å²) in [6.07, 6.45) is 0.876. The molecule has 0 unspecified atom stereocenters. The van der Waals surface area contributed by atoms with Gasteiger partial charge in [-0.3, -0.25) is 5.32 Å². The molecule has 0 bridgehead atoms. The number of amides is 2.